The molecule has 1 fully saturated rings. The van der Waals surface area contributed by atoms with Crippen LogP contribution in [-0.2, 0) is 27.1 Å². The molecule has 0 aliphatic carbocycles. The monoisotopic (exact) mass is 301 g/mol. The van der Waals surface area contributed by atoms with Crippen LogP contribution in [0.2, 0.25) is 0 Å². The Morgan fingerprint density at radius 3 is 2.91 bits per heavy atom. The molecule has 2 heterocycles. The van der Waals surface area contributed by atoms with Gasteiger partial charge in [-0.15, -0.1) is 0 Å². The van der Waals surface area contributed by atoms with Gasteiger partial charge in [-0.3, -0.25) is 9.89 Å². The third-order valence-corrected chi connectivity index (χ3v) is 3.52. The van der Waals surface area contributed by atoms with Crippen molar-refractivity contribution in [2.24, 2.45) is 0 Å². The fraction of sp³-hybridized carbons (Fsp3) is 0.375. The lowest BCUT2D eigenvalue weighted by atomic mass is 10.1. The number of nitrogens with one attached hydrogen (secondary N) is 2. The topological polar surface area (TPSA) is 76.2 Å². The highest BCUT2D eigenvalue weighted by Gasteiger charge is 2.23. The summed E-state index contributed by atoms with van der Waals surface area (Å²) in [7, 11) is 0. The van der Waals surface area contributed by atoms with Crippen molar-refractivity contribution >= 4 is 11.7 Å². The Labute approximate surface area is 128 Å². The zero-order valence-corrected chi connectivity index (χ0v) is 12.2. The summed E-state index contributed by atoms with van der Waals surface area (Å²) in [6.07, 6.45) is 1.21. The van der Waals surface area contributed by atoms with Crippen molar-refractivity contribution in [1.29, 1.82) is 0 Å². The van der Waals surface area contributed by atoms with E-state index >= 15 is 0 Å². The summed E-state index contributed by atoms with van der Waals surface area (Å²) in [6.45, 7) is 1.27. The first-order valence-electron chi connectivity index (χ1n) is 7.40. The normalized spacial score (nSPS) is 18.1. The van der Waals surface area contributed by atoms with Gasteiger partial charge in [0.05, 0.1) is 19.8 Å². The van der Waals surface area contributed by atoms with Crippen molar-refractivity contribution < 1.29 is 14.3 Å². The van der Waals surface area contributed by atoms with Crippen LogP contribution >= 0.6 is 0 Å². The van der Waals surface area contributed by atoms with E-state index in [1.807, 2.05) is 24.3 Å². The second kappa shape index (κ2) is 7.20. The molecule has 0 unspecified atom stereocenters. The number of amides is 1. The van der Waals surface area contributed by atoms with Crippen molar-refractivity contribution in [3.63, 3.8) is 0 Å². The smallest absolute Gasteiger partial charge is 0.257 e. The molecule has 1 aliphatic heterocycles. The van der Waals surface area contributed by atoms with Crippen LogP contribution in [0.4, 0.5) is 5.82 Å². The molecule has 0 bridgehead atoms. The van der Waals surface area contributed by atoms with Gasteiger partial charge in [-0.25, -0.2) is 0 Å². The van der Waals surface area contributed by atoms with Crippen LogP contribution in [0.5, 0.6) is 0 Å². The molecule has 1 aromatic carbocycles. The Hall–Kier alpha value is -2.18. The van der Waals surface area contributed by atoms with Gasteiger partial charge in [-0.2, -0.15) is 5.10 Å². The largest absolute Gasteiger partial charge is 0.376 e. The first-order chi connectivity index (χ1) is 10.8. The fourth-order valence-electron chi connectivity index (χ4n) is 2.32. The molecule has 3 rings (SSSR count). The number of carbonyl (C=O) groups is 1. The Bertz CT molecular complexity index is 606. The molecule has 1 saturated heterocycles. The summed E-state index contributed by atoms with van der Waals surface area (Å²) < 4.78 is 10.6. The molecule has 116 valence electrons. The average Bonchev–Trinajstić information content (AvgIpc) is 3.02. The molecule has 6 nitrogen and oxygen atoms in total. The third-order valence-electron chi connectivity index (χ3n) is 3.52. The minimum Gasteiger partial charge on any atom is -0.376 e. The molecule has 1 atom stereocenters. The number of carbonyl (C=O) groups excluding carboxylic acids is 1. The Morgan fingerprint density at radius 2 is 2.14 bits per heavy atom. The van der Waals surface area contributed by atoms with Crippen LogP contribution in [0.3, 0.4) is 0 Å². The van der Waals surface area contributed by atoms with Crippen LogP contribution < -0.4 is 5.32 Å². The standard InChI is InChI=1S/C16H19N3O3/c20-16(14-11-21-8-9-22-14)17-15-10-13(18-19-15)7-6-12-4-2-1-3-5-12/h1-5,10,14H,6-9,11H2,(H2,17,18,19,20)/t14-/m0/s1. The minimum atomic E-state index is -0.557. The van der Waals surface area contributed by atoms with Crippen LogP contribution in [0.15, 0.2) is 36.4 Å². The van der Waals surface area contributed by atoms with Crippen molar-refractivity contribution in [3.05, 3.63) is 47.7 Å². The van der Waals surface area contributed by atoms with Gasteiger partial charge in [0.1, 0.15) is 0 Å². The van der Waals surface area contributed by atoms with Gasteiger partial charge >= 0.3 is 0 Å². The van der Waals surface area contributed by atoms with E-state index in [4.69, 9.17) is 9.47 Å². The minimum absolute atomic E-state index is 0.221. The SMILES string of the molecule is O=C(Nc1cc(CCc2ccccc2)[nH]n1)[C@@H]1COCCO1. The van der Waals surface area contributed by atoms with Crippen molar-refractivity contribution in [2.45, 2.75) is 18.9 Å². The van der Waals surface area contributed by atoms with Gasteiger partial charge in [0.2, 0.25) is 0 Å². The first-order valence-corrected chi connectivity index (χ1v) is 7.40. The van der Waals surface area contributed by atoms with Crippen LogP contribution in [0.25, 0.3) is 0 Å². The Balaban J connectivity index is 1.51. The quantitative estimate of drug-likeness (QED) is 0.878. The molecular weight excluding hydrogens is 282 g/mol. The summed E-state index contributed by atoms with van der Waals surface area (Å²) in [5.41, 5.74) is 2.26. The van der Waals surface area contributed by atoms with E-state index < -0.39 is 6.10 Å². The average molecular weight is 301 g/mol. The molecule has 0 spiro atoms. The van der Waals surface area contributed by atoms with Gasteiger partial charge < -0.3 is 14.8 Å². The summed E-state index contributed by atoms with van der Waals surface area (Å²) in [5, 5.41) is 9.80. The lowest BCUT2D eigenvalue weighted by Gasteiger charge is -2.21. The van der Waals surface area contributed by atoms with Gasteiger partial charge in [-0.05, 0) is 18.4 Å². The van der Waals surface area contributed by atoms with Crippen LogP contribution in [0, 0.1) is 0 Å². The molecule has 0 radical (unpaired) electrons. The molecular formula is C16H19N3O3. The number of nitrogens with zero attached hydrogens (tertiary/aromatic N) is 1. The molecule has 1 aromatic heterocycles. The lowest BCUT2D eigenvalue weighted by molar-refractivity contribution is -0.142. The number of rotatable bonds is 5. The molecule has 1 aliphatic rings. The molecule has 0 saturated carbocycles. The van der Waals surface area contributed by atoms with Gasteiger partial charge in [0, 0.05) is 11.8 Å². The second-order valence-electron chi connectivity index (χ2n) is 5.19. The predicted molar refractivity (Wildman–Crippen MR) is 81.6 cm³/mol. The summed E-state index contributed by atoms with van der Waals surface area (Å²) in [6, 6.07) is 12.1. The van der Waals surface area contributed by atoms with Gasteiger partial charge in [0.15, 0.2) is 11.9 Å². The maximum absolute atomic E-state index is 12.0. The van der Waals surface area contributed by atoms with Crippen molar-refractivity contribution in [3.8, 4) is 0 Å². The maximum atomic E-state index is 12.0. The number of benzene rings is 1. The summed E-state index contributed by atoms with van der Waals surface area (Å²) in [5.74, 6) is 0.294. The number of hydrogen-bond acceptors (Lipinski definition) is 4. The highest BCUT2D eigenvalue weighted by molar-refractivity contribution is 5.93. The Kier molecular flexibility index (Phi) is 4.82. The molecule has 22 heavy (non-hydrogen) atoms. The number of anilines is 1. The Morgan fingerprint density at radius 1 is 1.27 bits per heavy atom. The fourth-order valence-corrected chi connectivity index (χ4v) is 2.32. The number of hydrogen-bond donors (Lipinski definition) is 2. The van der Waals surface area contributed by atoms with Crippen molar-refractivity contribution in [2.75, 3.05) is 25.1 Å². The van der Waals surface area contributed by atoms with E-state index in [-0.39, 0.29) is 12.5 Å². The zero-order valence-electron chi connectivity index (χ0n) is 12.2. The van der Waals surface area contributed by atoms with Gasteiger partial charge in [0.25, 0.3) is 5.91 Å². The highest BCUT2D eigenvalue weighted by Crippen LogP contribution is 2.11. The molecule has 2 aromatic rings. The number of aryl methyl sites for hydroxylation is 2. The number of aromatic nitrogens is 2. The van der Waals surface area contributed by atoms with Gasteiger partial charge in [-0.1, -0.05) is 30.3 Å². The molecule has 2 N–H and O–H groups in total. The number of aromatic amines is 1. The third kappa shape index (κ3) is 3.93. The van der Waals surface area contributed by atoms with E-state index in [1.165, 1.54) is 5.56 Å². The van der Waals surface area contributed by atoms with E-state index in [0.717, 1.165) is 18.5 Å². The highest BCUT2D eigenvalue weighted by atomic mass is 16.6. The van der Waals surface area contributed by atoms with E-state index in [0.29, 0.717) is 19.0 Å². The predicted octanol–water partition coefficient (Wildman–Crippen LogP) is 1.55. The first kappa shape index (κ1) is 14.7. The molecule has 6 heteroatoms. The lowest BCUT2D eigenvalue weighted by Crippen LogP contribution is -2.39. The van der Waals surface area contributed by atoms with E-state index in [1.54, 1.807) is 0 Å². The number of ether oxygens (including phenoxy) is 2. The summed E-state index contributed by atoms with van der Waals surface area (Å²) in [4.78, 5) is 12.0. The number of H-pyrrole nitrogens is 1. The second-order valence-corrected chi connectivity index (χ2v) is 5.19. The molecule has 1 amide bonds. The van der Waals surface area contributed by atoms with E-state index in [9.17, 15) is 4.79 Å². The summed E-state index contributed by atoms with van der Waals surface area (Å²) >= 11 is 0. The van der Waals surface area contributed by atoms with Crippen LogP contribution in [0.1, 0.15) is 11.3 Å². The van der Waals surface area contributed by atoms with E-state index in [2.05, 4.69) is 27.6 Å². The van der Waals surface area contributed by atoms with Crippen molar-refractivity contribution in [1.82, 2.24) is 10.2 Å². The van der Waals surface area contributed by atoms with Crippen LogP contribution in [-0.4, -0.2) is 42.0 Å². The maximum Gasteiger partial charge on any atom is 0.257 e. The zero-order chi connectivity index (χ0) is 15.2.